The van der Waals surface area contributed by atoms with Crippen LogP contribution < -0.4 is 10.1 Å². The molecule has 0 fully saturated rings. The summed E-state index contributed by atoms with van der Waals surface area (Å²) in [5.74, 6) is 0.525. The first kappa shape index (κ1) is 19.2. The van der Waals surface area contributed by atoms with Gasteiger partial charge in [0.15, 0.2) is 11.7 Å². The Balaban J connectivity index is 1.42. The number of ether oxygens (including phenoxy) is 1. The fourth-order valence-electron chi connectivity index (χ4n) is 3.26. The highest BCUT2D eigenvalue weighted by molar-refractivity contribution is 7.14. The molecule has 1 N–H and O–H groups in total. The van der Waals surface area contributed by atoms with E-state index in [9.17, 15) is 4.79 Å². The molecule has 1 aromatic heterocycles. The van der Waals surface area contributed by atoms with E-state index in [-0.39, 0.29) is 12.5 Å². The summed E-state index contributed by atoms with van der Waals surface area (Å²) in [6.07, 6.45) is 0. The van der Waals surface area contributed by atoms with Crippen molar-refractivity contribution in [2.45, 2.75) is 20.8 Å². The van der Waals surface area contributed by atoms with Crippen molar-refractivity contribution in [3.8, 4) is 17.0 Å². The van der Waals surface area contributed by atoms with Crippen molar-refractivity contribution in [3.05, 3.63) is 76.7 Å². The highest BCUT2D eigenvalue weighted by Crippen LogP contribution is 2.28. The van der Waals surface area contributed by atoms with Crippen molar-refractivity contribution in [3.63, 3.8) is 0 Å². The first-order valence-corrected chi connectivity index (χ1v) is 10.3. The molecule has 4 nitrogen and oxygen atoms in total. The van der Waals surface area contributed by atoms with Crippen LogP contribution in [0.1, 0.15) is 16.7 Å². The van der Waals surface area contributed by atoms with E-state index in [0.717, 1.165) is 33.7 Å². The molecular weight excluding hydrogens is 380 g/mol. The Morgan fingerprint density at radius 3 is 2.66 bits per heavy atom. The molecule has 4 rings (SSSR count). The van der Waals surface area contributed by atoms with Gasteiger partial charge in [-0.1, -0.05) is 42.5 Å². The van der Waals surface area contributed by atoms with Gasteiger partial charge in [-0.2, -0.15) is 0 Å². The molecule has 0 radical (unpaired) electrons. The van der Waals surface area contributed by atoms with Gasteiger partial charge in [0.1, 0.15) is 5.75 Å². The molecule has 1 amide bonds. The van der Waals surface area contributed by atoms with Crippen LogP contribution in [0.15, 0.2) is 60.0 Å². The number of hydrogen-bond donors (Lipinski definition) is 1. The molecule has 0 unspecified atom stereocenters. The van der Waals surface area contributed by atoms with Crippen LogP contribution in [0.5, 0.6) is 5.75 Å². The number of hydrogen-bond acceptors (Lipinski definition) is 4. The summed E-state index contributed by atoms with van der Waals surface area (Å²) in [6, 6.07) is 18.5. The lowest BCUT2D eigenvalue weighted by Crippen LogP contribution is -2.20. The van der Waals surface area contributed by atoms with E-state index in [1.165, 1.54) is 22.1 Å². The molecule has 0 aliphatic carbocycles. The standard InChI is InChI=1S/C24H22N2O2S/c1-15-10-16(2)17(3)22(11-15)28-13-23(27)26-24-25-21(14-29-24)20-9-8-18-6-4-5-7-19(18)12-20/h4-12,14H,13H2,1-3H3,(H,25,26,27). The van der Waals surface area contributed by atoms with Crippen LogP contribution in [0.4, 0.5) is 5.13 Å². The topological polar surface area (TPSA) is 51.2 Å². The smallest absolute Gasteiger partial charge is 0.264 e. The monoisotopic (exact) mass is 402 g/mol. The maximum absolute atomic E-state index is 12.3. The number of fused-ring (bicyclic) bond motifs is 1. The fourth-order valence-corrected chi connectivity index (χ4v) is 4.00. The van der Waals surface area contributed by atoms with Crippen LogP contribution in [0, 0.1) is 20.8 Å². The molecule has 0 bridgehead atoms. The average Bonchev–Trinajstić information content (AvgIpc) is 3.17. The molecule has 0 aliphatic rings. The summed E-state index contributed by atoms with van der Waals surface area (Å²) in [6.45, 7) is 6.01. The van der Waals surface area contributed by atoms with Gasteiger partial charge in [-0.3, -0.25) is 10.1 Å². The van der Waals surface area contributed by atoms with Crippen molar-refractivity contribution in [1.29, 1.82) is 0 Å². The Labute approximate surface area is 174 Å². The normalized spacial score (nSPS) is 10.9. The predicted octanol–water partition coefficient (Wildman–Crippen LogP) is 5.91. The number of nitrogens with one attached hydrogen (secondary N) is 1. The number of anilines is 1. The molecule has 3 aromatic carbocycles. The summed E-state index contributed by atoms with van der Waals surface area (Å²) >= 11 is 1.41. The Morgan fingerprint density at radius 1 is 1.03 bits per heavy atom. The van der Waals surface area contributed by atoms with Crippen LogP contribution >= 0.6 is 11.3 Å². The third-order valence-corrected chi connectivity index (χ3v) is 5.68. The average molecular weight is 403 g/mol. The fraction of sp³-hybridized carbons (Fsp3) is 0.167. The Kier molecular flexibility index (Phi) is 5.32. The van der Waals surface area contributed by atoms with E-state index < -0.39 is 0 Å². The van der Waals surface area contributed by atoms with Gasteiger partial charge in [0.25, 0.3) is 5.91 Å². The lowest BCUT2D eigenvalue weighted by atomic mass is 10.1. The van der Waals surface area contributed by atoms with Crippen LogP contribution in [-0.2, 0) is 4.79 Å². The lowest BCUT2D eigenvalue weighted by molar-refractivity contribution is -0.118. The zero-order chi connectivity index (χ0) is 20.4. The van der Waals surface area contributed by atoms with Crippen molar-refractivity contribution in [2.75, 3.05) is 11.9 Å². The molecule has 4 aromatic rings. The van der Waals surface area contributed by atoms with Crippen molar-refractivity contribution < 1.29 is 9.53 Å². The largest absolute Gasteiger partial charge is 0.483 e. The van der Waals surface area contributed by atoms with Gasteiger partial charge < -0.3 is 4.74 Å². The number of aryl methyl sites for hydroxylation is 2. The number of thiazole rings is 1. The van der Waals surface area contributed by atoms with Gasteiger partial charge >= 0.3 is 0 Å². The Bertz CT molecular complexity index is 1200. The maximum atomic E-state index is 12.3. The van der Waals surface area contributed by atoms with E-state index in [1.54, 1.807) is 0 Å². The molecule has 0 atom stereocenters. The second kappa shape index (κ2) is 8.05. The molecule has 0 aliphatic heterocycles. The minimum atomic E-state index is -0.219. The van der Waals surface area contributed by atoms with E-state index in [1.807, 2.05) is 44.4 Å². The molecule has 0 saturated carbocycles. The van der Waals surface area contributed by atoms with E-state index >= 15 is 0 Å². The molecule has 5 heteroatoms. The second-order valence-electron chi connectivity index (χ2n) is 7.14. The number of rotatable bonds is 5. The van der Waals surface area contributed by atoms with E-state index in [0.29, 0.717) is 5.13 Å². The molecule has 29 heavy (non-hydrogen) atoms. The zero-order valence-corrected chi connectivity index (χ0v) is 17.5. The molecule has 0 spiro atoms. The highest BCUT2D eigenvalue weighted by Gasteiger charge is 2.11. The number of benzene rings is 3. The number of carbonyl (C=O) groups is 1. The van der Waals surface area contributed by atoms with E-state index in [2.05, 4.69) is 46.7 Å². The van der Waals surface area contributed by atoms with E-state index in [4.69, 9.17) is 4.74 Å². The Hall–Kier alpha value is -3.18. The van der Waals surface area contributed by atoms with Gasteiger partial charge in [-0.15, -0.1) is 11.3 Å². The molecule has 1 heterocycles. The van der Waals surface area contributed by atoms with Crippen molar-refractivity contribution >= 4 is 33.1 Å². The maximum Gasteiger partial charge on any atom is 0.264 e. The first-order chi connectivity index (χ1) is 14.0. The predicted molar refractivity (Wildman–Crippen MR) is 120 cm³/mol. The van der Waals surface area contributed by atoms with Crippen LogP contribution in [-0.4, -0.2) is 17.5 Å². The third-order valence-electron chi connectivity index (χ3n) is 4.92. The summed E-state index contributed by atoms with van der Waals surface area (Å²) in [5, 5.41) is 7.71. The highest BCUT2D eigenvalue weighted by atomic mass is 32.1. The van der Waals surface area contributed by atoms with Crippen LogP contribution in [0.25, 0.3) is 22.0 Å². The minimum absolute atomic E-state index is 0.0470. The van der Waals surface area contributed by atoms with Crippen molar-refractivity contribution in [2.24, 2.45) is 0 Å². The SMILES string of the molecule is Cc1cc(C)c(C)c(OCC(=O)Nc2nc(-c3ccc4ccccc4c3)cs2)c1. The van der Waals surface area contributed by atoms with Gasteiger partial charge in [0.2, 0.25) is 0 Å². The number of nitrogens with zero attached hydrogens (tertiary/aromatic N) is 1. The minimum Gasteiger partial charge on any atom is -0.483 e. The zero-order valence-electron chi connectivity index (χ0n) is 16.7. The quantitative estimate of drug-likeness (QED) is 0.452. The summed E-state index contributed by atoms with van der Waals surface area (Å²) in [7, 11) is 0. The van der Waals surface area contributed by atoms with Gasteiger partial charge in [-0.05, 0) is 60.4 Å². The third kappa shape index (κ3) is 4.30. The molecule has 146 valence electrons. The summed E-state index contributed by atoms with van der Waals surface area (Å²) in [5.41, 5.74) is 5.20. The van der Waals surface area contributed by atoms with Crippen LogP contribution in [0.3, 0.4) is 0 Å². The first-order valence-electron chi connectivity index (χ1n) is 9.45. The van der Waals surface area contributed by atoms with Crippen LogP contribution in [0.2, 0.25) is 0 Å². The van der Waals surface area contributed by atoms with Gasteiger partial charge in [0, 0.05) is 10.9 Å². The van der Waals surface area contributed by atoms with Gasteiger partial charge in [-0.25, -0.2) is 4.98 Å². The number of amides is 1. The second-order valence-corrected chi connectivity index (χ2v) is 8.00. The van der Waals surface area contributed by atoms with Gasteiger partial charge in [0.05, 0.1) is 5.69 Å². The summed E-state index contributed by atoms with van der Waals surface area (Å²) < 4.78 is 5.74. The summed E-state index contributed by atoms with van der Waals surface area (Å²) in [4.78, 5) is 16.9. The Morgan fingerprint density at radius 2 is 1.83 bits per heavy atom. The lowest BCUT2D eigenvalue weighted by Gasteiger charge is -2.11. The molecular formula is C24H22N2O2S. The number of aromatic nitrogens is 1. The molecule has 0 saturated heterocycles. The number of carbonyl (C=O) groups excluding carboxylic acids is 1. The van der Waals surface area contributed by atoms with Crippen molar-refractivity contribution in [1.82, 2.24) is 4.98 Å².